The molecule has 0 saturated carbocycles. The zero-order chi connectivity index (χ0) is 27.0. The summed E-state index contributed by atoms with van der Waals surface area (Å²) in [5.74, 6) is 1.52. The lowest BCUT2D eigenvalue weighted by molar-refractivity contribution is 0.797. The Balaban J connectivity index is -0.000000320. The van der Waals surface area contributed by atoms with E-state index in [0.717, 1.165) is 43.2 Å². The van der Waals surface area contributed by atoms with Gasteiger partial charge in [0, 0.05) is 31.8 Å². The third-order valence-electron chi connectivity index (χ3n) is 4.14. The molecule has 0 aromatic rings. The number of nitrogens with two attached hydrogens (primary N) is 1. The van der Waals surface area contributed by atoms with Crippen LogP contribution in [0.1, 0.15) is 82.1 Å². The summed E-state index contributed by atoms with van der Waals surface area (Å²) in [4.78, 5) is 8.31. The number of terminal acetylenes is 1. The Morgan fingerprint density at radius 3 is 1.85 bits per heavy atom. The number of hydrogen-bond donors (Lipinski definition) is 2. The first-order valence-electron chi connectivity index (χ1n) is 12.0. The molecule has 0 radical (unpaired) electrons. The highest BCUT2D eigenvalue weighted by atomic mass is 14.9. The molecule has 0 saturated heterocycles. The maximum atomic E-state index is 5.37. The second-order valence-corrected chi connectivity index (χ2v) is 8.07. The number of nitrogens with zero attached hydrogens (tertiary/aromatic N) is 2. The molecular weight excluding hydrogens is 404 g/mol. The average molecular weight is 459 g/mol. The Morgan fingerprint density at radius 1 is 1.03 bits per heavy atom. The summed E-state index contributed by atoms with van der Waals surface area (Å²) in [5.41, 5.74) is 11.3. The number of aliphatic imine (C=N–C) groups is 2. The Labute approximate surface area is 207 Å². The second kappa shape index (κ2) is 25.7. The van der Waals surface area contributed by atoms with Gasteiger partial charge in [0.25, 0.3) is 0 Å². The minimum atomic E-state index is 0.394. The van der Waals surface area contributed by atoms with E-state index in [-0.39, 0.29) is 0 Å². The van der Waals surface area contributed by atoms with Gasteiger partial charge in [-0.3, -0.25) is 9.98 Å². The first-order valence-corrected chi connectivity index (χ1v) is 12.0. The van der Waals surface area contributed by atoms with Crippen LogP contribution in [0.15, 0.2) is 57.7 Å². The van der Waals surface area contributed by atoms with E-state index in [1.807, 2.05) is 27.7 Å². The Kier molecular flexibility index (Phi) is 29.4. The maximum Gasteiger partial charge on any atom is 0.0959 e. The van der Waals surface area contributed by atoms with E-state index in [2.05, 4.69) is 95.0 Å². The van der Waals surface area contributed by atoms with Crippen molar-refractivity contribution in [3.8, 4) is 12.8 Å². The highest BCUT2D eigenvalue weighted by Gasteiger charge is 2.08. The maximum absolute atomic E-state index is 5.37. The molecule has 0 aliphatic heterocycles. The fourth-order valence-electron chi connectivity index (χ4n) is 2.41. The summed E-state index contributed by atoms with van der Waals surface area (Å²) in [6.45, 7) is 30.6. The molecule has 0 aromatic heterocycles. The van der Waals surface area contributed by atoms with E-state index in [9.17, 15) is 0 Å². The SMILES string of the molecule is C#C.C=C(C)CC(/C=C\CCNC(=C)C(=NCC)C(C)C)=C(C)C.CC.CN=C(N)C(C)C. The monoisotopic (exact) mass is 458 g/mol. The van der Waals surface area contributed by atoms with Crippen LogP contribution in [0.5, 0.6) is 0 Å². The predicted molar refractivity (Wildman–Crippen MR) is 155 cm³/mol. The normalized spacial score (nSPS) is 10.9. The van der Waals surface area contributed by atoms with Crippen LogP contribution in [0.3, 0.4) is 0 Å². The molecule has 0 atom stereocenters. The smallest absolute Gasteiger partial charge is 0.0959 e. The van der Waals surface area contributed by atoms with Crippen LogP contribution in [0.2, 0.25) is 0 Å². The summed E-state index contributed by atoms with van der Waals surface area (Å²) >= 11 is 0. The minimum absolute atomic E-state index is 0.394. The zero-order valence-corrected chi connectivity index (χ0v) is 23.7. The van der Waals surface area contributed by atoms with Crippen molar-refractivity contribution in [1.29, 1.82) is 0 Å². The summed E-state index contributed by atoms with van der Waals surface area (Å²) < 4.78 is 0. The van der Waals surface area contributed by atoms with Gasteiger partial charge in [-0.05, 0) is 52.0 Å². The molecule has 190 valence electrons. The molecule has 0 bridgehead atoms. The van der Waals surface area contributed by atoms with Crippen LogP contribution < -0.4 is 11.1 Å². The first kappa shape index (κ1) is 37.8. The van der Waals surface area contributed by atoms with Gasteiger partial charge in [0.1, 0.15) is 0 Å². The van der Waals surface area contributed by atoms with Crippen molar-refractivity contribution in [2.45, 2.75) is 82.1 Å². The second-order valence-electron chi connectivity index (χ2n) is 8.07. The van der Waals surface area contributed by atoms with E-state index in [4.69, 9.17) is 5.73 Å². The molecule has 0 heterocycles. The lowest BCUT2D eigenvalue weighted by atomic mass is 10.0. The molecule has 0 aliphatic carbocycles. The van der Waals surface area contributed by atoms with Crippen LogP contribution in [-0.4, -0.2) is 31.7 Å². The largest absolute Gasteiger partial charge is 0.387 e. The highest BCUT2D eigenvalue weighted by Crippen LogP contribution is 2.15. The van der Waals surface area contributed by atoms with Gasteiger partial charge in [0.2, 0.25) is 0 Å². The summed E-state index contributed by atoms with van der Waals surface area (Å²) in [6, 6.07) is 0. The van der Waals surface area contributed by atoms with Gasteiger partial charge in [-0.25, -0.2) is 0 Å². The van der Waals surface area contributed by atoms with E-state index >= 15 is 0 Å². The zero-order valence-electron chi connectivity index (χ0n) is 23.7. The van der Waals surface area contributed by atoms with E-state index in [1.54, 1.807) is 7.05 Å². The molecule has 0 spiro atoms. The standard InChI is InChI=1S/C20H34N2.C5H12N2.C2H6.C2H2/c1-9-21-20(17(6)7)18(8)22-13-11-10-12-19(16(4)5)14-15(2)3;1-4(2)5(6)7-3;2*1-2/h10,12,17,22H,2,8-9,11,13-14H2,1,3-7H3;4H,1-3H3,(H2,6,7);1-2H3;1-2H/b12-10-,21-20?;;;. The summed E-state index contributed by atoms with van der Waals surface area (Å²) in [5, 5.41) is 3.38. The molecule has 0 amide bonds. The number of rotatable bonds is 11. The van der Waals surface area contributed by atoms with E-state index in [0.29, 0.717) is 11.8 Å². The lowest BCUT2D eigenvalue weighted by Gasteiger charge is -2.14. The van der Waals surface area contributed by atoms with Gasteiger partial charge in [0.05, 0.1) is 11.5 Å². The predicted octanol–water partition coefficient (Wildman–Crippen LogP) is 7.36. The lowest BCUT2D eigenvalue weighted by Crippen LogP contribution is -2.24. The third-order valence-corrected chi connectivity index (χ3v) is 4.14. The molecule has 0 aliphatic rings. The third kappa shape index (κ3) is 23.9. The van der Waals surface area contributed by atoms with E-state index in [1.165, 1.54) is 16.7 Å². The topological polar surface area (TPSA) is 62.8 Å². The summed E-state index contributed by atoms with van der Waals surface area (Å²) in [6.07, 6.45) is 14.4. The average Bonchev–Trinajstić information content (AvgIpc) is 2.78. The van der Waals surface area contributed by atoms with Crippen molar-refractivity contribution in [3.63, 3.8) is 0 Å². The van der Waals surface area contributed by atoms with Crippen molar-refractivity contribution in [1.82, 2.24) is 5.32 Å². The Hall–Kier alpha value is -2.54. The molecule has 0 unspecified atom stereocenters. The number of allylic oxidation sites excluding steroid dienone is 5. The molecule has 33 heavy (non-hydrogen) atoms. The fourth-order valence-corrected chi connectivity index (χ4v) is 2.41. The van der Waals surface area contributed by atoms with Crippen LogP contribution in [0.25, 0.3) is 0 Å². The Bertz CT molecular complexity index is 652. The summed E-state index contributed by atoms with van der Waals surface area (Å²) in [7, 11) is 1.70. The van der Waals surface area contributed by atoms with Crippen LogP contribution in [0.4, 0.5) is 0 Å². The van der Waals surface area contributed by atoms with Gasteiger partial charge in [-0.2, -0.15) is 0 Å². The molecule has 4 heteroatoms. The van der Waals surface area contributed by atoms with Crippen LogP contribution >= 0.6 is 0 Å². The molecular formula is C29H54N4. The fraction of sp³-hybridized carbons (Fsp3) is 0.586. The van der Waals surface area contributed by atoms with Gasteiger partial charge >= 0.3 is 0 Å². The highest BCUT2D eigenvalue weighted by molar-refractivity contribution is 6.00. The van der Waals surface area contributed by atoms with Crippen LogP contribution in [0, 0.1) is 24.7 Å². The molecule has 4 nitrogen and oxygen atoms in total. The number of hydrogen-bond acceptors (Lipinski definition) is 3. The first-order chi connectivity index (χ1) is 15.5. The van der Waals surface area contributed by atoms with Crippen LogP contribution in [-0.2, 0) is 0 Å². The van der Waals surface area contributed by atoms with E-state index < -0.39 is 0 Å². The van der Waals surface area contributed by atoms with Crippen molar-refractivity contribution in [3.05, 3.63) is 47.7 Å². The number of amidine groups is 1. The van der Waals surface area contributed by atoms with Crippen molar-refractivity contribution >= 4 is 11.5 Å². The number of nitrogens with one attached hydrogen (secondary N) is 1. The minimum Gasteiger partial charge on any atom is -0.387 e. The van der Waals surface area contributed by atoms with Gasteiger partial charge in [0.15, 0.2) is 0 Å². The van der Waals surface area contributed by atoms with Crippen molar-refractivity contribution in [2.75, 3.05) is 20.1 Å². The van der Waals surface area contributed by atoms with Crippen molar-refractivity contribution in [2.24, 2.45) is 27.6 Å². The van der Waals surface area contributed by atoms with Crippen molar-refractivity contribution < 1.29 is 0 Å². The molecule has 0 aromatic carbocycles. The molecule has 0 rings (SSSR count). The quantitative estimate of drug-likeness (QED) is 0.0848. The van der Waals surface area contributed by atoms with Gasteiger partial charge in [-0.15, -0.1) is 12.8 Å². The van der Waals surface area contributed by atoms with Gasteiger partial charge < -0.3 is 11.1 Å². The van der Waals surface area contributed by atoms with Gasteiger partial charge in [-0.1, -0.05) is 78.0 Å². The Morgan fingerprint density at radius 2 is 1.55 bits per heavy atom. The molecule has 0 fully saturated rings. The molecule has 3 N–H and O–H groups in total.